The summed E-state index contributed by atoms with van der Waals surface area (Å²) < 4.78 is 0.985. The van der Waals surface area contributed by atoms with Crippen LogP contribution in [-0.2, 0) is 0 Å². The second-order valence-electron chi connectivity index (χ2n) is 2.58. The summed E-state index contributed by atoms with van der Waals surface area (Å²) in [6.07, 6.45) is 0. The number of rotatable bonds is 1. The van der Waals surface area contributed by atoms with Gasteiger partial charge in [-0.2, -0.15) is 5.10 Å². The first-order valence-corrected chi connectivity index (χ1v) is 5.27. The zero-order valence-corrected chi connectivity index (χ0v) is 9.24. The third-order valence-electron chi connectivity index (χ3n) is 1.81. The maximum atomic E-state index is 5.61. The number of anilines is 1. The summed E-state index contributed by atoms with van der Waals surface area (Å²) in [5.74, 6) is 0.523. The quantitative estimate of drug-likeness (QED) is 0.824. The van der Waals surface area contributed by atoms with Crippen LogP contribution in [0.5, 0.6) is 0 Å². The van der Waals surface area contributed by atoms with Crippen LogP contribution in [0.1, 0.15) is 5.56 Å². The molecule has 0 atom stereocenters. The first-order valence-electron chi connectivity index (χ1n) is 3.60. The van der Waals surface area contributed by atoms with Crippen LogP contribution in [0.25, 0.3) is 11.4 Å². The molecule has 0 aromatic carbocycles. The average Bonchev–Trinajstić information content (AvgIpc) is 2.62. The van der Waals surface area contributed by atoms with E-state index < -0.39 is 0 Å². The molecule has 13 heavy (non-hydrogen) atoms. The number of nitrogen functional groups attached to an aromatic ring is 1. The van der Waals surface area contributed by atoms with Gasteiger partial charge in [-0.15, -0.1) is 11.3 Å². The fraction of sp³-hybridized carbons (Fsp3) is 0.143. The van der Waals surface area contributed by atoms with E-state index in [2.05, 4.69) is 31.1 Å². The molecule has 0 aliphatic carbocycles. The summed E-state index contributed by atoms with van der Waals surface area (Å²) in [6.45, 7) is 1.92. The van der Waals surface area contributed by atoms with Crippen molar-refractivity contribution in [2.24, 2.45) is 0 Å². The van der Waals surface area contributed by atoms with Gasteiger partial charge in [0.05, 0.1) is 15.0 Å². The van der Waals surface area contributed by atoms with Crippen LogP contribution in [-0.4, -0.2) is 15.2 Å². The number of nitrogens with zero attached hydrogens (tertiary/aromatic N) is 2. The van der Waals surface area contributed by atoms with Gasteiger partial charge >= 0.3 is 0 Å². The summed E-state index contributed by atoms with van der Waals surface area (Å²) >= 11 is 4.95. The number of aromatic amines is 1. The van der Waals surface area contributed by atoms with Crippen molar-refractivity contribution in [1.82, 2.24) is 15.2 Å². The van der Waals surface area contributed by atoms with E-state index in [0.29, 0.717) is 5.82 Å². The molecule has 2 heterocycles. The molecule has 0 aliphatic heterocycles. The van der Waals surface area contributed by atoms with E-state index in [-0.39, 0.29) is 0 Å². The molecule has 4 nitrogen and oxygen atoms in total. The van der Waals surface area contributed by atoms with E-state index in [9.17, 15) is 0 Å². The molecule has 3 N–H and O–H groups in total. The van der Waals surface area contributed by atoms with Crippen molar-refractivity contribution in [3.8, 4) is 11.4 Å². The number of hydrogen-bond acceptors (Lipinski definition) is 4. The highest BCUT2D eigenvalue weighted by Gasteiger charge is 2.13. The van der Waals surface area contributed by atoms with Crippen LogP contribution in [0.4, 0.5) is 5.82 Å². The Kier molecular flexibility index (Phi) is 2.09. The molecule has 0 bridgehead atoms. The van der Waals surface area contributed by atoms with Crippen molar-refractivity contribution in [2.45, 2.75) is 6.92 Å². The minimum Gasteiger partial charge on any atom is -0.382 e. The minimum atomic E-state index is 0.523. The van der Waals surface area contributed by atoms with Crippen molar-refractivity contribution in [2.75, 3.05) is 5.73 Å². The summed E-state index contributed by atoms with van der Waals surface area (Å²) in [5.41, 5.74) is 10.1. The molecule has 0 amide bonds. The lowest BCUT2D eigenvalue weighted by atomic mass is 10.2. The Morgan fingerprint density at radius 1 is 1.62 bits per heavy atom. The smallest absolute Gasteiger partial charge is 0.148 e. The molecule has 0 unspecified atom stereocenters. The number of thiazole rings is 1. The predicted molar refractivity (Wildman–Crippen MR) is 56.5 cm³/mol. The molecule has 0 spiro atoms. The van der Waals surface area contributed by atoms with Gasteiger partial charge in [0.25, 0.3) is 0 Å². The molecule has 2 aromatic heterocycles. The molecular weight excluding hydrogens is 252 g/mol. The monoisotopic (exact) mass is 258 g/mol. The lowest BCUT2D eigenvalue weighted by Gasteiger charge is -1.94. The van der Waals surface area contributed by atoms with Crippen molar-refractivity contribution >= 4 is 33.1 Å². The number of H-pyrrole nitrogens is 1. The largest absolute Gasteiger partial charge is 0.382 e. The molecule has 2 aromatic rings. The highest BCUT2D eigenvalue weighted by atomic mass is 79.9. The molecule has 0 radical (unpaired) electrons. The number of hydrogen-bond donors (Lipinski definition) is 2. The van der Waals surface area contributed by atoms with Crippen LogP contribution in [0.3, 0.4) is 0 Å². The average molecular weight is 259 g/mol. The van der Waals surface area contributed by atoms with Gasteiger partial charge < -0.3 is 5.73 Å². The van der Waals surface area contributed by atoms with Crippen LogP contribution >= 0.6 is 27.3 Å². The molecule has 6 heteroatoms. The van der Waals surface area contributed by atoms with E-state index in [1.165, 1.54) is 11.3 Å². The van der Waals surface area contributed by atoms with E-state index in [1.807, 2.05) is 6.92 Å². The Labute approximate surface area is 87.3 Å². The van der Waals surface area contributed by atoms with Crippen molar-refractivity contribution < 1.29 is 0 Å². The molecule has 68 valence electrons. The van der Waals surface area contributed by atoms with Gasteiger partial charge in [0.2, 0.25) is 0 Å². The van der Waals surface area contributed by atoms with E-state index in [1.54, 1.807) is 5.51 Å². The van der Waals surface area contributed by atoms with Crippen LogP contribution < -0.4 is 5.73 Å². The first-order chi connectivity index (χ1) is 6.20. The van der Waals surface area contributed by atoms with Crippen LogP contribution in [0, 0.1) is 6.92 Å². The van der Waals surface area contributed by atoms with Gasteiger partial charge in [0, 0.05) is 5.56 Å². The van der Waals surface area contributed by atoms with E-state index in [0.717, 1.165) is 20.7 Å². The van der Waals surface area contributed by atoms with Gasteiger partial charge in [-0.3, -0.25) is 5.10 Å². The lowest BCUT2D eigenvalue weighted by molar-refractivity contribution is 1.10. The molecule has 2 rings (SSSR count). The zero-order valence-electron chi connectivity index (χ0n) is 6.84. The van der Waals surface area contributed by atoms with Crippen LogP contribution in [0.15, 0.2) is 9.30 Å². The summed E-state index contributed by atoms with van der Waals surface area (Å²) in [4.78, 5) is 4.21. The molecular formula is C7H7BrN4S. The third-order valence-corrected chi connectivity index (χ3v) is 3.36. The highest BCUT2D eigenvalue weighted by Crippen LogP contribution is 2.32. The normalized spacial score (nSPS) is 10.6. The fourth-order valence-corrected chi connectivity index (χ4v) is 2.11. The van der Waals surface area contributed by atoms with E-state index in [4.69, 9.17) is 5.73 Å². The van der Waals surface area contributed by atoms with Gasteiger partial charge in [-0.05, 0) is 22.9 Å². The highest BCUT2D eigenvalue weighted by molar-refractivity contribution is 9.11. The van der Waals surface area contributed by atoms with Crippen molar-refractivity contribution in [1.29, 1.82) is 0 Å². The Morgan fingerprint density at radius 3 is 2.85 bits per heavy atom. The standard InChI is InChI=1S/C7H7BrN4S/c1-3-4(11-12-7(3)9)5-6(8)13-2-10-5/h2H,1H3,(H3,9,11,12). The number of halogens is 1. The second-order valence-corrected chi connectivity index (χ2v) is 4.76. The maximum absolute atomic E-state index is 5.61. The minimum absolute atomic E-state index is 0.523. The molecule has 0 fully saturated rings. The maximum Gasteiger partial charge on any atom is 0.148 e. The van der Waals surface area contributed by atoms with Crippen molar-refractivity contribution in [3.05, 3.63) is 14.9 Å². The summed E-state index contributed by atoms with van der Waals surface area (Å²) in [5, 5.41) is 6.77. The van der Waals surface area contributed by atoms with Crippen LogP contribution in [0.2, 0.25) is 0 Å². The summed E-state index contributed by atoms with van der Waals surface area (Å²) in [6, 6.07) is 0. The van der Waals surface area contributed by atoms with E-state index >= 15 is 0 Å². The van der Waals surface area contributed by atoms with Gasteiger partial charge in [0.1, 0.15) is 11.5 Å². The lowest BCUT2D eigenvalue weighted by Crippen LogP contribution is -1.86. The Bertz CT molecular complexity index is 433. The fourth-order valence-electron chi connectivity index (χ4n) is 1.04. The number of nitrogens with one attached hydrogen (secondary N) is 1. The predicted octanol–water partition coefficient (Wildman–Crippen LogP) is 2.19. The van der Waals surface area contributed by atoms with Gasteiger partial charge in [-0.1, -0.05) is 0 Å². The molecule has 0 saturated carbocycles. The second kappa shape index (κ2) is 3.12. The molecule has 0 aliphatic rings. The zero-order chi connectivity index (χ0) is 9.42. The Balaban J connectivity index is 2.59. The topological polar surface area (TPSA) is 67.6 Å². The molecule has 0 saturated heterocycles. The van der Waals surface area contributed by atoms with Gasteiger partial charge in [-0.25, -0.2) is 4.98 Å². The third kappa shape index (κ3) is 1.36. The Hall–Kier alpha value is -0.880. The van der Waals surface area contributed by atoms with Crippen molar-refractivity contribution in [3.63, 3.8) is 0 Å². The Morgan fingerprint density at radius 2 is 2.38 bits per heavy atom. The summed E-state index contributed by atoms with van der Waals surface area (Å²) in [7, 11) is 0. The first kappa shape index (κ1) is 8.71. The SMILES string of the molecule is Cc1c(N)n[nH]c1-c1ncsc1Br. The number of nitrogens with two attached hydrogens (primary N) is 1. The van der Waals surface area contributed by atoms with Gasteiger partial charge in [0.15, 0.2) is 0 Å². The number of aromatic nitrogens is 3.